The molecule has 0 saturated heterocycles. The van der Waals surface area contributed by atoms with Gasteiger partial charge in [0.15, 0.2) is 5.82 Å². The lowest BCUT2D eigenvalue weighted by molar-refractivity contribution is -0.159. The molecule has 7 heteroatoms. The summed E-state index contributed by atoms with van der Waals surface area (Å²) >= 11 is 0. The molecule has 0 amide bonds. The van der Waals surface area contributed by atoms with Gasteiger partial charge in [0.1, 0.15) is 0 Å². The molecule has 1 aromatic carbocycles. The van der Waals surface area contributed by atoms with Crippen molar-refractivity contribution < 1.29 is 17.7 Å². The van der Waals surface area contributed by atoms with Crippen LogP contribution in [0.1, 0.15) is 34.4 Å². The van der Waals surface area contributed by atoms with E-state index in [-0.39, 0.29) is 5.82 Å². The standard InChI is InChI=1S/C12H12F3N3O/c1-6-3-4-8(5-7(6)2)9(16)10-17-11(19-18-10)12(13,14)15/h3-5,9H,16H2,1-2H3. The first-order valence-electron chi connectivity index (χ1n) is 5.52. The molecule has 0 aliphatic carbocycles. The minimum atomic E-state index is -4.66. The van der Waals surface area contributed by atoms with Crippen molar-refractivity contribution in [2.24, 2.45) is 5.73 Å². The molecule has 0 spiro atoms. The van der Waals surface area contributed by atoms with Crippen molar-refractivity contribution in [3.8, 4) is 0 Å². The van der Waals surface area contributed by atoms with Crippen LogP contribution in [0.15, 0.2) is 22.7 Å². The third-order valence-electron chi connectivity index (χ3n) is 2.85. The Morgan fingerprint density at radius 1 is 1.21 bits per heavy atom. The van der Waals surface area contributed by atoms with Crippen LogP contribution in [-0.2, 0) is 6.18 Å². The zero-order valence-corrected chi connectivity index (χ0v) is 10.3. The summed E-state index contributed by atoms with van der Waals surface area (Å²) in [6.45, 7) is 3.82. The Balaban J connectivity index is 2.31. The molecule has 0 aliphatic heterocycles. The summed E-state index contributed by atoms with van der Waals surface area (Å²) in [4.78, 5) is 3.28. The molecule has 4 nitrogen and oxygen atoms in total. The molecule has 0 radical (unpaired) electrons. The fourth-order valence-corrected chi connectivity index (χ4v) is 1.58. The molecule has 0 fully saturated rings. The van der Waals surface area contributed by atoms with Gasteiger partial charge in [-0.15, -0.1) is 0 Å². The van der Waals surface area contributed by atoms with E-state index >= 15 is 0 Å². The van der Waals surface area contributed by atoms with Crippen molar-refractivity contribution in [2.45, 2.75) is 26.1 Å². The van der Waals surface area contributed by atoms with E-state index in [1.807, 2.05) is 19.9 Å². The number of halogens is 3. The summed E-state index contributed by atoms with van der Waals surface area (Å²) in [7, 11) is 0. The minimum Gasteiger partial charge on any atom is -0.329 e. The van der Waals surface area contributed by atoms with Crippen LogP contribution in [0.3, 0.4) is 0 Å². The van der Waals surface area contributed by atoms with Crippen molar-refractivity contribution in [1.29, 1.82) is 0 Å². The fraction of sp³-hybridized carbons (Fsp3) is 0.333. The van der Waals surface area contributed by atoms with E-state index in [1.165, 1.54) is 0 Å². The lowest BCUT2D eigenvalue weighted by Crippen LogP contribution is -2.14. The van der Waals surface area contributed by atoms with Gasteiger partial charge >= 0.3 is 12.1 Å². The van der Waals surface area contributed by atoms with Crippen molar-refractivity contribution >= 4 is 0 Å². The Morgan fingerprint density at radius 3 is 2.42 bits per heavy atom. The predicted octanol–water partition coefficient (Wildman–Crippen LogP) is 2.75. The van der Waals surface area contributed by atoms with Gasteiger partial charge in [0.25, 0.3) is 0 Å². The number of rotatable bonds is 2. The molecule has 2 rings (SSSR count). The maximum absolute atomic E-state index is 12.3. The van der Waals surface area contributed by atoms with Crippen molar-refractivity contribution in [3.63, 3.8) is 0 Å². The topological polar surface area (TPSA) is 64.9 Å². The van der Waals surface area contributed by atoms with Gasteiger partial charge in [-0.3, -0.25) is 0 Å². The largest absolute Gasteiger partial charge is 0.471 e. The maximum atomic E-state index is 12.3. The normalized spacial score (nSPS) is 13.6. The van der Waals surface area contributed by atoms with Crippen molar-refractivity contribution in [2.75, 3.05) is 0 Å². The summed E-state index contributed by atoms with van der Waals surface area (Å²) in [5.41, 5.74) is 8.54. The Kier molecular flexibility index (Phi) is 3.32. The maximum Gasteiger partial charge on any atom is 0.471 e. The van der Waals surface area contributed by atoms with Gasteiger partial charge in [-0.25, -0.2) is 0 Å². The van der Waals surface area contributed by atoms with Crippen molar-refractivity contribution in [1.82, 2.24) is 10.1 Å². The molecule has 0 saturated carbocycles. The summed E-state index contributed by atoms with van der Waals surface area (Å²) in [5, 5.41) is 3.28. The third-order valence-corrected chi connectivity index (χ3v) is 2.85. The molecular formula is C12H12F3N3O. The average Bonchev–Trinajstić information content (AvgIpc) is 2.81. The molecule has 2 aromatic rings. The lowest BCUT2D eigenvalue weighted by atomic mass is 10.0. The van der Waals surface area contributed by atoms with E-state index in [1.54, 1.807) is 12.1 Å². The Bertz CT molecular complexity index is 592. The highest BCUT2D eigenvalue weighted by Gasteiger charge is 2.39. The molecule has 0 aliphatic rings. The highest BCUT2D eigenvalue weighted by atomic mass is 19.4. The number of hydrogen-bond donors (Lipinski definition) is 1. The smallest absolute Gasteiger partial charge is 0.329 e. The number of alkyl halides is 3. The number of aryl methyl sites for hydroxylation is 2. The van der Waals surface area contributed by atoms with Gasteiger partial charge in [0, 0.05) is 0 Å². The highest BCUT2D eigenvalue weighted by Crippen LogP contribution is 2.29. The first-order valence-corrected chi connectivity index (χ1v) is 5.52. The zero-order valence-electron chi connectivity index (χ0n) is 10.3. The Morgan fingerprint density at radius 2 is 1.89 bits per heavy atom. The minimum absolute atomic E-state index is 0.185. The Hall–Kier alpha value is -1.89. The first kappa shape index (κ1) is 13.5. The van der Waals surface area contributed by atoms with Crippen LogP contribution in [0.4, 0.5) is 13.2 Å². The van der Waals surface area contributed by atoms with Gasteiger partial charge in [-0.05, 0) is 30.5 Å². The van der Waals surface area contributed by atoms with Gasteiger partial charge in [0.2, 0.25) is 0 Å². The molecule has 19 heavy (non-hydrogen) atoms. The molecule has 1 atom stereocenters. The highest BCUT2D eigenvalue weighted by molar-refractivity contribution is 5.33. The van der Waals surface area contributed by atoms with Gasteiger partial charge < -0.3 is 10.3 Å². The van der Waals surface area contributed by atoms with E-state index in [0.717, 1.165) is 11.1 Å². The zero-order chi connectivity index (χ0) is 14.2. The van der Waals surface area contributed by atoms with E-state index < -0.39 is 18.1 Å². The molecule has 0 bridgehead atoms. The number of nitrogens with zero attached hydrogens (tertiary/aromatic N) is 2. The fourth-order valence-electron chi connectivity index (χ4n) is 1.58. The van der Waals surface area contributed by atoms with Crippen LogP contribution >= 0.6 is 0 Å². The third kappa shape index (κ3) is 2.76. The first-order chi connectivity index (χ1) is 8.79. The molecular weight excluding hydrogens is 259 g/mol. The van der Waals surface area contributed by atoms with E-state index in [2.05, 4.69) is 14.7 Å². The molecule has 1 heterocycles. The quantitative estimate of drug-likeness (QED) is 0.912. The molecule has 1 aromatic heterocycles. The second-order valence-corrected chi connectivity index (χ2v) is 4.28. The van der Waals surface area contributed by atoms with Crippen LogP contribution in [-0.4, -0.2) is 10.1 Å². The predicted molar refractivity (Wildman–Crippen MR) is 61.2 cm³/mol. The lowest BCUT2D eigenvalue weighted by Gasteiger charge is -2.09. The second-order valence-electron chi connectivity index (χ2n) is 4.28. The number of benzene rings is 1. The number of hydrogen-bond acceptors (Lipinski definition) is 4. The van der Waals surface area contributed by atoms with Gasteiger partial charge in [-0.2, -0.15) is 18.2 Å². The van der Waals surface area contributed by atoms with E-state index in [4.69, 9.17) is 5.73 Å². The summed E-state index contributed by atoms with van der Waals surface area (Å²) < 4.78 is 41.2. The SMILES string of the molecule is Cc1ccc(C(N)c2noc(C(F)(F)F)n2)cc1C. The van der Waals surface area contributed by atoms with Gasteiger partial charge in [0.05, 0.1) is 6.04 Å². The molecule has 102 valence electrons. The van der Waals surface area contributed by atoms with Crippen LogP contribution in [0.2, 0.25) is 0 Å². The van der Waals surface area contributed by atoms with Crippen LogP contribution < -0.4 is 5.73 Å². The monoisotopic (exact) mass is 271 g/mol. The van der Waals surface area contributed by atoms with Crippen LogP contribution in [0.25, 0.3) is 0 Å². The van der Waals surface area contributed by atoms with Crippen LogP contribution in [0.5, 0.6) is 0 Å². The number of nitrogens with two attached hydrogens (primary N) is 1. The summed E-state index contributed by atoms with van der Waals surface area (Å²) in [5.74, 6) is -1.57. The van der Waals surface area contributed by atoms with E-state index in [0.29, 0.717) is 5.56 Å². The summed E-state index contributed by atoms with van der Waals surface area (Å²) in [6.07, 6.45) is -4.66. The molecule has 1 unspecified atom stereocenters. The summed E-state index contributed by atoms with van der Waals surface area (Å²) in [6, 6.07) is 4.52. The van der Waals surface area contributed by atoms with Crippen molar-refractivity contribution in [3.05, 3.63) is 46.6 Å². The van der Waals surface area contributed by atoms with Gasteiger partial charge in [-0.1, -0.05) is 23.4 Å². The number of aromatic nitrogens is 2. The van der Waals surface area contributed by atoms with E-state index in [9.17, 15) is 13.2 Å². The molecule has 2 N–H and O–H groups in total. The average molecular weight is 271 g/mol. The second kappa shape index (κ2) is 4.65. The Labute approximate surface area is 107 Å². The van der Waals surface area contributed by atoms with Crippen LogP contribution in [0, 0.1) is 13.8 Å².